The molecule has 5 rings (SSSR count). The van der Waals surface area contributed by atoms with Crippen molar-refractivity contribution < 1.29 is 8.83 Å². The van der Waals surface area contributed by atoms with Crippen LogP contribution in [0.15, 0.2) is 73.4 Å². The van der Waals surface area contributed by atoms with Crippen molar-refractivity contribution in [1.82, 2.24) is 30.2 Å². The molecule has 3 aromatic heterocycles. The molecule has 0 amide bonds. The van der Waals surface area contributed by atoms with Gasteiger partial charge >= 0.3 is 0 Å². The summed E-state index contributed by atoms with van der Waals surface area (Å²) in [5.41, 5.74) is 1.03. The van der Waals surface area contributed by atoms with Crippen molar-refractivity contribution in [2.45, 2.75) is 43.7 Å². The van der Waals surface area contributed by atoms with E-state index in [1.165, 1.54) is 16.4 Å². The van der Waals surface area contributed by atoms with Gasteiger partial charge in [-0.2, -0.15) is 5.10 Å². The topological polar surface area (TPSA) is 113 Å². The van der Waals surface area contributed by atoms with Gasteiger partial charge in [0, 0.05) is 10.8 Å². The number of nitrogens with zero attached hydrogens (tertiary/aromatic N) is 6. The van der Waals surface area contributed by atoms with Crippen LogP contribution in [0.25, 0.3) is 22.4 Å². The van der Waals surface area contributed by atoms with Crippen molar-refractivity contribution in [2.75, 3.05) is 0 Å². The van der Waals surface area contributed by atoms with Gasteiger partial charge < -0.3 is 8.83 Å². The van der Waals surface area contributed by atoms with Crippen LogP contribution in [0.2, 0.25) is 0 Å². The molecule has 2 aromatic carbocycles. The normalized spacial score (nSPS) is 11.9. The maximum atomic E-state index is 13.1. The molecular formula is C24H22N6O3S. The highest BCUT2D eigenvalue weighted by Gasteiger charge is 2.22. The summed E-state index contributed by atoms with van der Waals surface area (Å²) in [7, 11) is 0. The summed E-state index contributed by atoms with van der Waals surface area (Å²) in [6.07, 6.45) is 0. The zero-order chi connectivity index (χ0) is 23.7. The first-order valence-corrected chi connectivity index (χ1v) is 11.7. The summed E-state index contributed by atoms with van der Waals surface area (Å²) in [5.74, 6) is 1.69. The third kappa shape index (κ3) is 4.49. The number of aromatic nitrogens is 6. The molecule has 3 heterocycles. The quantitative estimate of drug-likeness (QED) is 0.329. The van der Waals surface area contributed by atoms with Crippen molar-refractivity contribution in [3.05, 3.63) is 82.3 Å². The van der Waals surface area contributed by atoms with Crippen LogP contribution >= 0.6 is 11.8 Å². The summed E-state index contributed by atoms with van der Waals surface area (Å²) in [5, 5.41) is 22.6. The molecule has 0 saturated carbocycles. The van der Waals surface area contributed by atoms with Gasteiger partial charge in [-0.1, -0.05) is 81.1 Å². The van der Waals surface area contributed by atoms with Crippen LogP contribution in [-0.4, -0.2) is 30.2 Å². The number of hydrogen-bond acceptors (Lipinski definition) is 9. The first-order chi connectivity index (χ1) is 16.4. The molecule has 0 aliphatic carbocycles. The Balaban J connectivity index is 1.44. The second kappa shape index (κ2) is 8.86. The van der Waals surface area contributed by atoms with Crippen LogP contribution < -0.4 is 5.56 Å². The Hall–Kier alpha value is -3.79. The number of fused-ring (bicyclic) bond motifs is 1. The standard InChI is InChI=1S/C24H22N6O3S/c1-24(2,3)22-27-25-18(32-22)14-34-23-28-26-20(33-23)19-16-11-7-8-12-17(16)21(31)30(29-19)13-15-9-5-4-6-10-15/h4-12H,13-14H2,1-3H3. The Labute approximate surface area is 199 Å². The van der Waals surface area contributed by atoms with E-state index in [1.54, 1.807) is 6.07 Å². The van der Waals surface area contributed by atoms with Crippen LogP contribution in [0.3, 0.4) is 0 Å². The number of rotatable bonds is 6. The maximum Gasteiger partial charge on any atom is 0.277 e. The molecule has 0 saturated heterocycles. The van der Waals surface area contributed by atoms with Gasteiger partial charge in [-0.05, 0) is 11.6 Å². The van der Waals surface area contributed by atoms with Gasteiger partial charge in [0.2, 0.25) is 11.8 Å². The summed E-state index contributed by atoms with van der Waals surface area (Å²) < 4.78 is 13.0. The second-order valence-corrected chi connectivity index (χ2v) is 9.68. The average Bonchev–Trinajstić information content (AvgIpc) is 3.50. The third-order valence-electron chi connectivity index (χ3n) is 5.08. The largest absolute Gasteiger partial charge is 0.424 e. The smallest absolute Gasteiger partial charge is 0.277 e. The summed E-state index contributed by atoms with van der Waals surface area (Å²) in [6, 6.07) is 17.0. The highest BCUT2D eigenvalue weighted by atomic mass is 32.2. The monoisotopic (exact) mass is 474 g/mol. The summed E-state index contributed by atoms with van der Waals surface area (Å²) >= 11 is 1.30. The Morgan fingerprint density at radius 2 is 1.62 bits per heavy atom. The molecule has 10 heteroatoms. The lowest BCUT2D eigenvalue weighted by Crippen LogP contribution is -2.24. The van der Waals surface area contributed by atoms with Gasteiger partial charge in [0.1, 0.15) is 0 Å². The molecular weight excluding hydrogens is 452 g/mol. The maximum absolute atomic E-state index is 13.1. The van der Waals surface area contributed by atoms with Crippen molar-refractivity contribution in [2.24, 2.45) is 0 Å². The predicted molar refractivity (Wildman–Crippen MR) is 127 cm³/mol. The van der Waals surface area contributed by atoms with Crippen molar-refractivity contribution >= 4 is 22.5 Å². The summed E-state index contributed by atoms with van der Waals surface area (Å²) in [6.45, 7) is 6.36. The Morgan fingerprint density at radius 3 is 2.35 bits per heavy atom. The average molecular weight is 475 g/mol. The van der Waals surface area contributed by atoms with Gasteiger partial charge in [0.15, 0.2) is 5.69 Å². The fourth-order valence-electron chi connectivity index (χ4n) is 3.36. The fraction of sp³-hybridized carbons (Fsp3) is 0.250. The van der Waals surface area contributed by atoms with E-state index >= 15 is 0 Å². The lowest BCUT2D eigenvalue weighted by atomic mass is 9.97. The minimum absolute atomic E-state index is 0.177. The number of hydrogen-bond donors (Lipinski definition) is 0. The predicted octanol–water partition coefficient (Wildman–Crippen LogP) is 4.47. The zero-order valence-electron chi connectivity index (χ0n) is 18.9. The first-order valence-electron chi connectivity index (χ1n) is 10.7. The Bertz CT molecular complexity index is 1500. The minimum Gasteiger partial charge on any atom is -0.424 e. The van der Waals surface area contributed by atoms with Crippen LogP contribution in [0.5, 0.6) is 0 Å². The van der Waals surface area contributed by atoms with Crippen LogP contribution in [0, 0.1) is 0 Å². The highest BCUT2D eigenvalue weighted by molar-refractivity contribution is 7.98. The molecule has 172 valence electrons. The van der Waals surface area contributed by atoms with E-state index in [9.17, 15) is 4.79 Å². The van der Waals surface area contributed by atoms with Crippen molar-refractivity contribution in [1.29, 1.82) is 0 Å². The van der Waals surface area contributed by atoms with Crippen LogP contribution in [0.4, 0.5) is 0 Å². The minimum atomic E-state index is -0.219. The zero-order valence-corrected chi connectivity index (χ0v) is 19.7. The molecule has 9 nitrogen and oxygen atoms in total. The van der Waals surface area contributed by atoms with E-state index in [0.717, 1.165) is 5.56 Å². The molecule has 0 aliphatic rings. The second-order valence-electron chi connectivity index (χ2n) is 8.76. The Morgan fingerprint density at radius 1 is 0.882 bits per heavy atom. The van der Waals surface area contributed by atoms with Crippen LogP contribution in [0.1, 0.15) is 38.1 Å². The van der Waals surface area contributed by atoms with Crippen LogP contribution in [-0.2, 0) is 17.7 Å². The lowest BCUT2D eigenvalue weighted by molar-refractivity contribution is 0.378. The lowest BCUT2D eigenvalue weighted by Gasteiger charge is -2.10. The molecule has 0 atom stereocenters. The third-order valence-corrected chi connectivity index (χ3v) is 5.88. The van der Waals surface area contributed by atoms with E-state index in [1.807, 2.05) is 69.3 Å². The molecule has 0 fully saturated rings. The highest BCUT2D eigenvalue weighted by Crippen LogP contribution is 2.29. The number of thioether (sulfide) groups is 1. The van der Waals surface area contributed by atoms with Gasteiger partial charge in [0.05, 0.1) is 17.7 Å². The molecule has 0 aliphatic heterocycles. The number of benzene rings is 2. The van der Waals surface area contributed by atoms with E-state index < -0.39 is 0 Å². The van der Waals surface area contributed by atoms with Gasteiger partial charge in [0.25, 0.3) is 16.7 Å². The molecule has 0 spiro atoms. The fourth-order valence-corrected chi connectivity index (χ4v) is 3.96. The molecule has 5 aromatic rings. The van der Waals surface area contributed by atoms with Crippen molar-refractivity contribution in [3.63, 3.8) is 0 Å². The SMILES string of the molecule is CC(C)(C)c1nnc(CSc2nnc(-c3nn(Cc4ccccc4)c(=O)c4ccccc34)o2)o1. The van der Waals surface area contributed by atoms with Crippen molar-refractivity contribution in [3.8, 4) is 11.6 Å². The van der Waals surface area contributed by atoms with E-state index in [-0.39, 0.29) is 16.9 Å². The molecule has 0 bridgehead atoms. The molecule has 0 radical (unpaired) electrons. The molecule has 34 heavy (non-hydrogen) atoms. The molecule has 0 unspecified atom stereocenters. The first kappa shape index (κ1) is 22.0. The molecule has 0 N–H and O–H groups in total. The van der Waals surface area contributed by atoms with E-state index in [2.05, 4.69) is 25.5 Å². The van der Waals surface area contributed by atoms with E-state index in [4.69, 9.17) is 8.83 Å². The van der Waals surface area contributed by atoms with Gasteiger partial charge in [-0.3, -0.25) is 4.79 Å². The Kier molecular flexibility index (Phi) is 5.74. The van der Waals surface area contributed by atoms with Gasteiger partial charge in [-0.25, -0.2) is 4.68 Å². The van der Waals surface area contributed by atoms with Gasteiger partial charge in [-0.15, -0.1) is 20.4 Å². The van der Waals surface area contributed by atoms with E-state index in [0.29, 0.717) is 45.8 Å². The summed E-state index contributed by atoms with van der Waals surface area (Å²) in [4.78, 5) is 13.1.